The Kier molecular flexibility index (Phi) is 7.28. The first kappa shape index (κ1) is 24.5. The summed E-state index contributed by atoms with van der Waals surface area (Å²) in [5.74, 6) is 0.253. The highest BCUT2D eigenvalue weighted by atomic mass is 32.2. The zero-order valence-corrected chi connectivity index (χ0v) is 20.5. The maximum absolute atomic E-state index is 13.3. The van der Waals surface area contributed by atoms with Gasteiger partial charge in [0.2, 0.25) is 5.75 Å². The number of rotatable bonds is 7. The monoisotopic (exact) mass is 472 g/mol. The Hall–Kier alpha value is -3.12. The Bertz CT molecular complexity index is 1060. The third kappa shape index (κ3) is 4.81. The topological polar surface area (TPSA) is 107 Å². The summed E-state index contributed by atoms with van der Waals surface area (Å²) in [6, 6.07) is 5.78. The van der Waals surface area contributed by atoms with Crippen LogP contribution in [0.25, 0.3) is 0 Å². The van der Waals surface area contributed by atoms with Crippen molar-refractivity contribution in [3.8, 4) is 23.3 Å². The molecule has 1 aliphatic carbocycles. The Morgan fingerprint density at radius 3 is 2.30 bits per heavy atom. The molecule has 0 spiro atoms. The fraction of sp³-hybridized carbons (Fsp3) is 0.458. The van der Waals surface area contributed by atoms with Crippen LogP contribution in [0.3, 0.4) is 0 Å². The van der Waals surface area contributed by atoms with Crippen molar-refractivity contribution in [1.29, 1.82) is 5.26 Å². The number of carbonyl (C=O) groups excluding carboxylic acids is 2. The van der Waals surface area contributed by atoms with Gasteiger partial charge in [0.05, 0.1) is 56.8 Å². The summed E-state index contributed by atoms with van der Waals surface area (Å²) in [6.07, 6.45) is 1.01. The number of nitrogens with zero attached hydrogens (tertiary/aromatic N) is 1. The van der Waals surface area contributed by atoms with Gasteiger partial charge in [-0.25, -0.2) is 0 Å². The van der Waals surface area contributed by atoms with Crippen LogP contribution >= 0.6 is 11.8 Å². The van der Waals surface area contributed by atoms with Gasteiger partial charge in [-0.15, -0.1) is 0 Å². The van der Waals surface area contributed by atoms with E-state index in [0.29, 0.717) is 51.8 Å². The number of dihydropyridines is 1. The molecular weight excluding hydrogens is 444 g/mol. The van der Waals surface area contributed by atoms with Crippen molar-refractivity contribution in [3.05, 3.63) is 39.6 Å². The zero-order valence-electron chi connectivity index (χ0n) is 19.7. The number of ether oxygens (including phenoxy) is 4. The quantitative estimate of drug-likeness (QED) is 0.595. The summed E-state index contributed by atoms with van der Waals surface area (Å²) in [5, 5.41) is 14.0. The van der Waals surface area contributed by atoms with E-state index in [4.69, 9.17) is 18.9 Å². The van der Waals surface area contributed by atoms with Gasteiger partial charge in [0.25, 0.3) is 0 Å². The molecule has 0 amide bonds. The molecule has 1 heterocycles. The number of benzene rings is 1. The van der Waals surface area contributed by atoms with Gasteiger partial charge in [0, 0.05) is 17.7 Å². The minimum absolute atomic E-state index is 0.0164. The van der Waals surface area contributed by atoms with E-state index in [-0.39, 0.29) is 17.0 Å². The second kappa shape index (κ2) is 9.79. The molecule has 2 aliphatic rings. The number of hydrogen-bond donors (Lipinski definition) is 1. The van der Waals surface area contributed by atoms with Crippen LogP contribution in [0, 0.1) is 16.7 Å². The minimum Gasteiger partial charge on any atom is -0.493 e. The molecule has 9 heteroatoms. The molecule has 3 rings (SSSR count). The maximum Gasteiger partial charge on any atom is 0.316 e. The molecule has 0 aromatic heterocycles. The molecule has 176 valence electrons. The number of methoxy groups -OCH3 is 4. The number of nitrogens with one attached hydrogen (secondary N) is 1. The highest BCUT2D eigenvalue weighted by Gasteiger charge is 2.42. The summed E-state index contributed by atoms with van der Waals surface area (Å²) in [5.41, 5.74) is 2.11. The third-order valence-corrected chi connectivity index (χ3v) is 6.70. The highest BCUT2D eigenvalue weighted by molar-refractivity contribution is 8.03. The molecular formula is C24H28N2O6S. The van der Waals surface area contributed by atoms with Gasteiger partial charge in [0.15, 0.2) is 17.3 Å². The number of hydrogen-bond acceptors (Lipinski definition) is 9. The molecule has 1 atom stereocenters. The lowest BCUT2D eigenvalue weighted by Gasteiger charge is -2.39. The van der Waals surface area contributed by atoms with Gasteiger partial charge < -0.3 is 24.3 Å². The minimum atomic E-state index is -0.635. The van der Waals surface area contributed by atoms with E-state index < -0.39 is 11.9 Å². The normalized spacial score (nSPS) is 19.3. The standard InChI is InChI=1S/C24H28N2O6S/c1-24(2)9-15-21(16(27)10-24)20(14(11-25)23(26-15)33-12-19(28)31-5)13-7-17(29-3)22(32-6)18(8-13)30-4/h7-8,20,26H,9-10,12H2,1-6H3/t20-/m0/s1. The summed E-state index contributed by atoms with van der Waals surface area (Å²) >= 11 is 1.18. The number of carbonyl (C=O) groups is 2. The maximum atomic E-state index is 13.3. The summed E-state index contributed by atoms with van der Waals surface area (Å²) in [7, 11) is 5.86. The average Bonchev–Trinajstić information content (AvgIpc) is 2.79. The van der Waals surface area contributed by atoms with Gasteiger partial charge in [-0.05, 0) is 29.5 Å². The number of allylic oxidation sites excluding steroid dienone is 3. The fourth-order valence-electron chi connectivity index (χ4n) is 4.28. The van der Waals surface area contributed by atoms with E-state index in [9.17, 15) is 14.9 Å². The molecule has 0 unspecified atom stereocenters. The van der Waals surface area contributed by atoms with Crippen molar-refractivity contribution < 1.29 is 28.5 Å². The predicted octanol–water partition coefficient (Wildman–Crippen LogP) is 3.68. The van der Waals surface area contributed by atoms with Gasteiger partial charge in [0.1, 0.15) is 0 Å². The lowest BCUT2D eigenvalue weighted by molar-refractivity contribution is -0.137. The molecule has 0 bridgehead atoms. The lowest BCUT2D eigenvalue weighted by atomic mass is 9.69. The Morgan fingerprint density at radius 2 is 1.79 bits per heavy atom. The van der Waals surface area contributed by atoms with E-state index in [1.54, 1.807) is 12.1 Å². The van der Waals surface area contributed by atoms with Crippen molar-refractivity contribution >= 4 is 23.5 Å². The van der Waals surface area contributed by atoms with Gasteiger partial charge in [-0.1, -0.05) is 25.6 Å². The summed E-state index contributed by atoms with van der Waals surface area (Å²) < 4.78 is 21.2. The van der Waals surface area contributed by atoms with Crippen molar-refractivity contribution in [1.82, 2.24) is 5.32 Å². The first-order chi connectivity index (χ1) is 15.7. The van der Waals surface area contributed by atoms with Crippen molar-refractivity contribution in [2.75, 3.05) is 34.2 Å². The van der Waals surface area contributed by atoms with Crippen LogP contribution in [0.4, 0.5) is 0 Å². The van der Waals surface area contributed by atoms with Gasteiger partial charge >= 0.3 is 5.97 Å². The molecule has 1 aromatic rings. The molecule has 0 saturated carbocycles. The van der Waals surface area contributed by atoms with Crippen LogP contribution in [0.1, 0.15) is 38.2 Å². The van der Waals surface area contributed by atoms with E-state index in [2.05, 4.69) is 11.4 Å². The smallest absolute Gasteiger partial charge is 0.316 e. The van der Waals surface area contributed by atoms with Crippen molar-refractivity contribution in [2.24, 2.45) is 5.41 Å². The number of thioether (sulfide) groups is 1. The summed E-state index contributed by atoms with van der Waals surface area (Å²) in [4.78, 5) is 25.1. The molecule has 33 heavy (non-hydrogen) atoms. The Balaban J connectivity index is 2.23. The molecule has 0 saturated heterocycles. The van der Waals surface area contributed by atoms with Gasteiger partial charge in [-0.3, -0.25) is 9.59 Å². The molecule has 1 N–H and O–H groups in total. The molecule has 1 aromatic carbocycles. The Morgan fingerprint density at radius 1 is 1.15 bits per heavy atom. The van der Waals surface area contributed by atoms with Gasteiger partial charge in [-0.2, -0.15) is 5.26 Å². The van der Waals surface area contributed by atoms with Crippen LogP contribution in [-0.2, 0) is 14.3 Å². The largest absolute Gasteiger partial charge is 0.493 e. The first-order valence-electron chi connectivity index (χ1n) is 10.4. The van der Waals surface area contributed by atoms with Crippen molar-refractivity contribution in [3.63, 3.8) is 0 Å². The summed E-state index contributed by atoms with van der Waals surface area (Å²) in [6.45, 7) is 4.07. The highest BCUT2D eigenvalue weighted by Crippen LogP contribution is 2.50. The third-order valence-electron chi connectivity index (χ3n) is 5.71. The fourth-order valence-corrected chi connectivity index (χ4v) is 5.18. The van der Waals surface area contributed by atoms with Crippen LogP contribution in [-0.4, -0.2) is 45.9 Å². The predicted molar refractivity (Wildman–Crippen MR) is 124 cm³/mol. The number of ketones is 1. The lowest BCUT2D eigenvalue weighted by Crippen LogP contribution is -2.37. The molecule has 0 fully saturated rings. The number of esters is 1. The average molecular weight is 473 g/mol. The second-order valence-corrected chi connectivity index (χ2v) is 9.55. The van der Waals surface area contributed by atoms with E-state index in [1.165, 1.54) is 40.2 Å². The Labute approximate surface area is 197 Å². The first-order valence-corrected chi connectivity index (χ1v) is 11.3. The van der Waals surface area contributed by atoms with Crippen LogP contribution in [0.15, 0.2) is 34.0 Å². The van der Waals surface area contributed by atoms with E-state index in [0.717, 1.165) is 5.70 Å². The van der Waals surface area contributed by atoms with E-state index >= 15 is 0 Å². The van der Waals surface area contributed by atoms with Crippen LogP contribution < -0.4 is 19.5 Å². The van der Waals surface area contributed by atoms with Crippen LogP contribution in [0.5, 0.6) is 17.2 Å². The molecule has 8 nitrogen and oxygen atoms in total. The SMILES string of the molecule is COC(=O)CSC1=C(C#N)[C@H](c2cc(OC)c(OC)c(OC)c2)C2=C(CC(C)(C)CC2=O)N1. The zero-order chi connectivity index (χ0) is 24.3. The van der Waals surface area contributed by atoms with Crippen LogP contribution in [0.2, 0.25) is 0 Å². The molecule has 0 radical (unpaired) electrons. The van der Waals surface area contributed by atoms with E-state index in [1.807, 2.05) is 13.8 Å². The molecule has 1 aliphatic heterocycles. The van der Waals surface area contributed by atoms with Crippen molar-refractivity contribution in [2.45, 2.75) is 32.6 Å². The second-order valence-electron chi connectivity index (χ2n) is 8.57. The number of Topliss-reactive ketones (excluding diaryl/α,β-unsaturated/α-hetero) is 1. The number of nitriles is 1.